The molecule has 3 heteroatoms. The van der Waals surface area contributed by atoms with Gasteiger partial charge in [0.2, 0.25) is 0 Å². The van der Waals surface area contributed by atoms with Crippen LogP contribution < -0.4 is 0 Å². The SMILES string of the molecule is O=C(/C=C\c1ccccc1)OCC(=O)c1ccc2ccccc2c1. The van der Waals surface area contributed by atoms with Gasteiger partial charge in [0.05, 0.1) is 0 Å². The second-order valence-corrected chi connectivity index (χ2v) is 5.34. The first-order chi connectivity index (χ1) is 11.7. The molecule has 24 heavy (non-hydrogen) atoms. The first kappa shape index (κ1) is 15.7. The van der Waals surface area contributed by atoms with E-state index in [0.29, 0.717) is 5.56 Å². The van der Waals surface area contributed by atoms with Crippen LogP contribution in [0.4, 0.5) is 0 Å². The molecule has 0 aromatic heterocycles. The molecule has 118 valence electrons. The van der Waals surface area contributed by atoms with Gasteiger partial charge in [-0.15, -0.1) is 0 Å². The minimum absolute atomic E-state index is 0.220. The Morgan fingerprint density at radius 1 is 0.833 bits per heavy atom. The van der Waals surface area contributed by atoms with E-state index in [1.165, 1.54) is 6.08 Å². The van der Waals surface area contributed by atoms with Crippen molar-refractivity contribution < 1.29 is 14.3 Å². The fourth-order valence-corrected chi connectivity index (χ4v) is 2.36. The van der Waals surface area contributed by atoms with Gasteiger partial charge in [-0.25, -0.2) is 4.79 Å². The van der Waals surface area contributed by atoms with Crippen molar-refractivity contribution in [1.29, 1.82) is 0 Å². The molecule has 0 aliphatic rings. The van der Waals surface area contributed by atoms with Gasteiger partial charge in [0.25, 0.3) is 0 Å². The van der Waals surface area contributed by atoms with E-state index >= 15 is 0 Å². The van der Waals surface area contributed by atoms with Gasteiger partial charge in [-0.1, -0.05) is 66.7 Å². The normalized spacial score (nSPS) is 10.8. The van der Waals surface area contributed by atoms with Gasteiger partial charge in [-0.05, 0) is 28.5 Å². The molecule has 3 aromatic rings. The van der Waals surface area contributed by atoms with Crippen molar-refractivity contribution in [2.75, 3.05) is 6.61 Å². The predicted octanol–water partition coefficient (Wildman–Crippen LogP) is 4.28. The van der Waals surface area contributed by atoms with Crippen LogP contribution in [0.15, 0.2) is 78.9 Å². The second-order valence-electron chi connectivity index (χ2n) is 5.34. The Kier molecular flexibility index (Phi) is 4.82. The molecule has 0 aliphatic carbocycles. The van der Waals surface area contributed by atoms with Crippen molar-refractivity contribution in [3.63, 3.8) is 0 Å². The maximum atomic E-state index is 12.2. The van der Waals surface area contributed by atoms with Crippen molar-refractivity contribution in [2.24, 2.45) is 0 Å². The van der Waals surface area contributed by atoms with Gasteiger partial charge in [0.1, 0.15) is 0 Å². The Morgan fingerprint density at radius 2 is 1.54 bits per heavy atom. The van der Waals surface area contributed by atoms with Crippen LogP contribution in [0.3, 0.4) is 0 Å². The minimum atomic E-state index is -0.534. The summed E-state index contributed by atoms with van der Waals surface area (Å²) in [5.74, 6) is -0.754. The first-order valence-corrected chi connectivity index (χ1v) is 7.64. The van der Waals surface area contributed by atoms with E-state index in [0.717, 1.165) is 16.3 Å². The van der Waals surface area contributed by atoms with E-state index in [9.17, 15) is 9.59 Å². The zero-order valence-electron chi connectivity index (χ0n) is 13.0. The smallest absolute Gasteiger partial charge is 0.331 e. The highest BCUT2D eigenvalue weighted by Gasteiger charge is 2.09. The van der Waals surface area contributed by atoms with Crippen LogP contribution in [-0.2, 0) is 9.53 Å². The summed E-state index contributed by atoms with van der Waals surface area (Å²) in [7, 11) is 0. The summed E-state index contributed by atoms with van der Waals surface area (Å²) in [5.41, 5.74) is 1.43. The molecule has 0 radical (unpaired) electrons. The largest absolute Gasteiger partial charge is 0.454 e. The number of fused-ring (bicyclic) bond motifs is 1. The van der Waals surface area contributed by atoms with Crippen LogP contribution in [0.2, 0.25) is 0 Å². The van der Waals surface area contributed by atoms with Gasteiger partial charge >= 0.3 is 5.97 Å². The molecule has 0 aliphatic heterocycles. The molecule has 0 N–H and O–H groups in total. The lowest BCUT2D eigenvalue weighted by Crippen LogP contribution is -2.12. The Balaban J connectivity index is 1.60. The molecule has 0 amide bonds. The van der Waals surface area contributed by atoms with Gasteiger partial charge in [0, 0.05) is 11.6 Å². The maximum absolute atomic E-state index is 12.2. The Bertz CT molecular complexity index is 895. The van der Waals surface area contributed by atoms with Gasteiger partial charge < -0.3 is 4.74 Å². The third-order valence-electron chi connectivity index (χ3n) is 3.63. The molecule has 0 atom stereocenters. The number of ether oxygens (including phenoxy) is 1. The van der Waals surface area contributed by atoms with Crippen molar-refractivity contribution >= 4 is 28.6 Å². The van der Waals surface area contributed by atoms with Crippen LogP contribution in [0.5, 0.6) is 0 Å². The van der Waals surface area contributed by atoms with Crippen LogP contribution in [0, 0.1) is 0 Å². The van der Waals surface area contributed by atoms with Gasteiger partial charge in [-0.2, -0.15) is 0 Å². The molecule has 0 unspecified atom stereocenters. The van der Waals surface area contributed by atoms with E-state index in [1.54, 1.807) is 12.1 Å². The highest BCUT2D eigenvalue weighted by Crippen LogP contribution is 2.16. The number of hydrogen-bond donors (Lipinski definition) is 0. The Morgan fingerprint density at radius 3 is 2.33 bits per heavy atom. The highest BCUT2D eigenvalue weighted by atomic mass is 16.5. The summed E-state index contributed by atoms with van der Waals surface area (Å²) in [6.45, 7) is -0.268. The van der Waals surface area contributed by atoms with E-state index in [1.807, 2.05) is 66.7 Å². The summed E-state index contributed by atoms with van der Waals surface area (Å²) < 4.78 is 5.02. The van der Waals surface area contributed by atoms with Gasteiger partial charge in [0.15, 0.2) is 12.4 Å². The molecule has 0 bridgehead atoms. The van der Waals surface area contributed by atoms with Gasteiger partial charge in [-0.3, -0.25) is 4.79 Å². The lowest BCUT2D eigenvalue weighted by atomic mass is 10.0. The van der Waals surface area contributed by atoms with Crippen molar-refractivity contribution in [3.8, 4) is 0 Å². The van der Waals surface area contributed by atoms with Crippen LogP contribution in [0.25, 0.3) is 16.8 Å². The Labute approximate surface area is 140 Å². The topological polar surface area (TPSA) is 43.4 Å². The molecule has 0 fully saturated rings. The number of esters is 1. The fourth-order valence-electron chi connectivity index (χ4n) is 2.36. The maximum Gasteiger partial charge on any atom is 0.331 e. The molecular weight excluding hydrogens is 300 g/mol. The summed E-state index contributed by atoms with van der Waals surface area (Å²) in [5, 5.41) is 2.05. The number of Topliss-reactive ketones (excluding diaryl/α,β-unsaturated/α-hetero) is 1. The molecule has 3 nitrogen and oxygen atoms in total. The minimum Gasteiger partial charge on any atom is -0.454 e. The first-order valence-electron chi connectivity index (χ1n) is 7.64. The summed E-state index contributed by atoms with van der Waals surface area (Å²) in [6.07, 6.45) is 2.98. The third kappa shape index (κ3) is 3.96. The summed E-state index contributed by atoms with van der Waals surface area (Å²) in [6, 6.07) is 22.7. The number of carbonyl (C=O) groups is 2. The number of carbonyl (C=O) groups excluding carboxylic acids is 2. The molecule has 3 rings (SSSR count). The fraction of sp³-hybridized carbons (Fsp3) is 0.0476. The lowest BCUT2D eigenvalue weighted by Gasteiger charge is -2.04. The van der Waals surface area contributed by atoms with Crippen molar-refractivity contribution in [1.82, 2.24) is 0 Å². The van der Waals surface area contributed by atoms with Crippen LogP contribution in [0.1, 0.15) is 15.9 Å². The van der Waals surface area contributed by atoms with E-state index in [2.05, 4.69) is 0 Å². The molecule has 3 aromatic carbocycles. The highest BCUT2D eigenvalue weighted by molar-refractivity contribution is 6.01. The Hall–Kier alpha value is -3.20. The summed E-state index contributed by atoms with van der Waals surface area (Å²) in [4.78, 5) is 23.9. The van der Waals surface area contributed by atoms with E-state index in [-0.39, 0.29) is 12.4 Å². The van der Waals surface area contributed by atoms with E-state index in [4.69, 9.17) is 4.74 Å². The van der Waals surface area contributed by atoms with E-state index < -0.39 is 5.97 Å². The number of ketones is 1. The zero-order chi connectivity index (χ0) is 16.8. The van der Waals surface area contributed by atoms with Crippen LogP contribution in [-0.4, -0.2) is 18.4 Å². The molecule has 0 saturated carbocycles. The quantitative estimate of drug-likeness (QED) is 0.401. The van der Waals surface area contributed by atoms with Crippen molar-refractivity contribution in [2.45, 2.75) is 0 Å². The predicted molar refractivity (Wildman–Crippen MR) is 94.7 cm³/mol. The number of benzene rings is 3. The molecule has 0 spiro atoms. The average molecular weight is 316 g/mol. The second kappa shape index (κ2) is 7.38. The number of hydrogen-bond acceptors (Lipinski definition) is 3. The monoisotopic (exact) mass is 316 g/mol. The summed E-state index contributed by atoms with van der Waals surface area (Å²) >= 11 is 0. The number of rotatable bonds is 5. The molecular formula is C21H16O3. The standard InChI is InChI=1S/C21H16O3/c22-20(19-12-11-17-8-4-5-9-18(17)14-19)15-24-21(23)13-10-16-6-2-1-3-7-16/h1-14H,15H2/b13-10-. The third-order valence-corrected chi connectivity index (χ3v) is 3.63. The van der Waals surface area contributed by atoms with Crippen LogP contribution >= 0.6 is 0 Å². The lowest BCUT2D eigenvalue weighted by molar-refractivity contribution is -0.136. The molecule has 0 saturated heterocycles. The van der Waals surface area contributed by atoms with Crippen molar-refractivity contribution in [3.05, 3.63) is 90.0 Å². The molecule has 0 heterocycles. The zero-order valence-corrected chi connectivity index (χ0v) is 13.0. The average Bonchev–Trinajstić information content (AvgIpc) is 2.65.